The van der Waals surface area contributed by atoms with Gasteiger partial charge in [-0.15, -0.1) is 0 Å². The number of hydrogen-bond donors (Lipinski definition) is 0. The van der Waals surface area contributed by atoms with Crippen LogP contribution in [0.5, 0.6) is 0 Å². The lowest BCUT2D eigenvalue weighted by Gasteiger charge is -2.26. The third-order valence-electron chi connectivity index (χ3n) is 13.3. The molecule has 1 aliphatic rings. The van der Waals surface area contributed by atoms with Crippen molar-refractivity contribution in [1.82, 2.24) is 0 Å². The van der Waals surface area contributed by atoms with E-state index in [1.54, 1.807) is 0 Å². The van der Waals surface area contributed by atoms with Crippen LogP contribution in [0.3, 0.4) is 0 Å². The lowest BCUT2D eigenvalue weighted by atomic mass is 9.81. The molecule has 1 heterocycles. The van der Waals surface area contributed by atoms with Gasteiger partial charge in [-0.2, -0.15) is 0 Å². The van der Waals surface area contributed by atoms with Gasteiger partial charge in [-0.3, -0.25) is 0 Å². The molecule has 0 fully saturated rings. The summed E-state index contributed by atoms with van der Waals surface area (Å²) in [6, 6.07) is 81.3. The molecule has 0 saturated carbocycles. The quantitative estimate of drug-likeness (QED) is 0.160. The minimum absolute atomic E-state index is 0.0777. The minimum Gasteiger partial charge on any atom is -0.455 e. The molecule has 10 aromatic carbocycles. The molecule has 0 N–H and O–H groups in total. The highest BCUT2D eigenvalue weighted by molar-refractivity contribution is 6.20. The summed E-state index contributed by atoms with van der Waals surface area (Å²) in [5.74, 6) is 0. The van der Waals surface area contributed by atoms with Crippen molar-refractivity contribution < 1.29 is 4.42 Å². The van der Waals surface area contributed by atoms with Gasteiger partial charge in [0.15, 0.2) is 0 Å². The Labute approximate surface area is 368 Å². The summed E-state index contributed by atoms with van der Waals surface area (Å²) in [7, 11) is 0. The molecule has 2 nitrogen and oxygen atoms in total. The molecule has 0 amide bonds. The second-order valence-electron chi connectivity index (χ2n) is 17.3. The molecular weight excluding hydrogens is 763 g/mol. The van der Waals surface area contributed by atoms with Gasteiger partial charge in [0.25, 0.3) is 0 Å². The van der Waals surface area contributed by atoms with E-state index in [1.165, 1.54) is 61.0 Å². The van der Waals surface area contributed by atoms with Gasteiger partial charge in [-0.05, 0) is 115 Å². The topological polar surface area (TPSA) is 16.4 Å². The Kier molecular flexibility index (Phi) is 8.55. The lowest BCUT2D eigenvalue weighted by molar-refractivity contribution is 0.660. The summed E-state index contributed by atoms with van der Waals surface area (Å²) < 4.78 is 6.99. The predicted molar refractivity (Wildman–Crippen MR) is 265 cm³/mol. The van der Waals surface area contributed by atoms with Gasteiger partial charge < -0.3 is 9.32 Å². The van der Waals surface area contributed by atoms with Crippen LogP contribution in [0.2, 0.25) is 0 Å². The second kappa shape index (κ2) is 14.6. The summed E-state index contributed by atoms with van der Waals surface area (Å²) in [5.41, 5.74) is 19.9. The smallest absolute Gasteiger partial charge is 0.143 e. The van der Waals surface area contributed by atoms with Crippen molar-refractivity contribution in [3.05, 3.63) is 236 Å². The van der Waals surface area contributed by atoms with Crippen LogP contribution in [0, 0.1) is 0 Å². The highest BCUT2D eigenvalue weighted by Gasteiger charge is 2.35. The van der Waals surface area contributed by atoms with E-state index in [4.69, 9.17) is 4.42 Å². The molecule has 1 aromatic heterocycles. The molecule has 0 atom stereocenters. The van der Waals surface area contributed by atoms with Crippen molar-refractivity contribution in [3.63, 3.8) is 0 Å². The molecule has 12 rings (SSSR count). The standard InChI is InChI=1S/C61H43NO/c1-61(2)57-23-12-11-19-51(57)52-37-30-45(38-58(52)61)55-39-56-54-22-13-21-49(59(54)63-60(56)53-20-10-9-18-50(53)55)44-28-35-48(36-29-44)62(46-31-24-42(25-32-46)40-14-5-3-6-15-40)47-33-26-43(27-34-47)41-16-7-4-8-17-41/h3-39H,1-2H3. The Morgan fingerprint density at radius 1 is 0.302 bits per heavy atom. The fraction of sp³-hybridized carbons (Fsp3) is 0.0492. The Hall–Kier alpha value is -7.94. The molecule has 11 aromatic rings. The first-order valence-corrected chi connectivity index (χ1v) is 21.8. The summed E-state index contributed by atoms with van der Waals surface area (Å²) in [6.07, 6.45) is 0. The number of benzene rings is 10. The highest BCUT2D eigenvalue weighted by atomic mass is 16.3. The monoisotopic (exact) mass is 805 g/mol. The minimum atomic E-state index is -0.0777. The van der Waals surface area contributed by atoms with E-state index in [0.717, 1.165) is 55.5 Å². The molecule has 63 heavy (non-hydrogen) atoms. The van der Waals surface area contributed by atoms with E-state index in [0.29, 0.717) is 0 Å². The van der Waals surface area contributed by atoms with Gasteiger partial charge in [0.05, 0.1) is 0 Å². The van der Waals surface area contributed by atoms with E-state index >= 15 is 0 Å². The van der Waals surface area contributed by atoms with Crippen LogP contribution >= 0.6 is 0 Å². The number of anilines is 3. The van der Waals surface area contributed by atoms with Gasteiger partial charge >= 0.3 is 0 Å². The zero-order valence-electron chi connectivity index (χ0n) is 35.2. The predicted octanol–water partition coefficient (Wildman–Crippen LogP) is 17.2. The maximum atomic E-state index is 6.99. The molecule has 0 unspecified atom stereocenters. The maximum absolute atomic E-state index is 6.99. The van der Waals surface area contributed by atoms with Crippen molar-refractivity contribution in [1.29, 1.82) is 0 Å². The summed E-state index contributed by atoms with van der Waals surface area (Å²) in [4.78, 5) is 2.33. The molecule has 1 aliphatic carbocycles. The van der Waals surface area contributed by atoms with E-state index in [9.17, 15) is 0 Å². The van der Waals surface area contributed by atoms with Crippen LogP contribution in [0.1, 0.15) is 25.0 Å². The molecule has 0 aliphatic heterocycles. The first kappa shape index (κ1) is 36.9. The van der Waals surface area contributed by atoms with Crippen LogP contribution in [0.15, 0.2) is 229 Å². The van der Waals surface area contributed by atoms with E-state index in [-0.39, 0.29) is 5.41 Å². The van der Waals surface area contributed by atoms with Crippen LogP contribution in [0.4, 0.5) is 17.1 Å². The van der Waals surface area contributed by atoms with Crippen molar-refractivity contribution in [2.75, 3.05) is 4.90 Å². The van der Waals surface area contributed by atoms with E-state index in [2.05, 4.69) is 243 Å². The van der Waals surface area contributed by atoms with Crippen molar-refractivity contribution in [3.8, 4) is 55.6 Å². The summed E-state index contributed by atoms with van der Waals surface area (Å²) in [5, 5.41) is 4.56. The average molecular weight is 806 g/mol. The van der Waals surface area contributed by atoms with Crippen LogP contribution in [-0.2, 0) is 5.41 Å². The molecule has 0 radical (unpaired) electrons. The number of hydrogen-bond acceptors (Lipinski definition) is 2. The SMILES string of the molecule is CC1(C)c2ccccc2-c2ccc(-c3cc4c5cccc(-c6ccc(N(c7ccc(-c8ccccc8)cc7)c7ccc(-c8ccccc8)cc7)cc6)c5oc4c4ccccc34)cc21. The van der Waals surface area contributed by atoms with Gasteiger partial charge in [-0.1, -0.05) is 190 Å². The largest absolute Gasteiger partial charge is 0.455 e. The van der Waals surface area contributed by atoms with Crippen molar-refractivity contribution in [2.45, 2.75) is 19.3 Å². The first-order valence-electron chi connectivity index (χ1n) is 21.8. The van der Waals surface area contributed by atoms with Crippen molar-refractivity contribution in [2.24, 2.45) is 0 Å². The zero-order chi connectivity index (χ0) is 42.1. The van der Waals surface area contributed by atoms with Crippen LogP contribution in [0.25, 0.3) is 88.3 Å². The molecular formula is C61H43NO. The second-order valence-corrected chi connectivity index (χ2v) is 17.3. The number of furan rings is 1. The Morgan fingerprint density at radius 2 is 0.762 bits per heavy atom. The summed E-state index contributed by atoms with van der Waals surface area (Å²) in [6.45, 7) is 4.70. The van der Waals surface area contributed by atoms with Gasteiger partial charge in [0, 0.05) is 44.2 Å². The van der Waals surface area contributed by atoms with Crippen molar-refractivity contribution >= 4 is 49.8 Å². The lowest BCUT2D eigenvalue weighted by Crippen LogP contribution is -2.14. The first-order chi connectivity index (χ1) is 31.0. The maximum Gasteiger partial charge on any atom is 0.143 e. The molecule has 2 heteroatoms. The number of fused-ring (bicyclic) bond motifs is 8. The highest BCUT2D eigenvalue weighted by Crippen LogP contribution is 2.51. The Balaban J connectivity index is 0.946. The van der Waals surface area contributed by atoms with Gasteiger partial charge in [0.2, 0.25) is 0 Å². The van der Waals surface area contributed by atoms with Crippen LogP contribution in [-0.4, -0.2) is 0 Å². The number of nitrogens with zero attached hydrogens (tertiary/aromatic N) is 1. The van der Waals surface area contributed by atoms with E-state index in [1.807, 2.05) is 0 Å². The zero-order valence-corrected chi connectivity index (χ0v) is 35.2. The fourth-order valence-electron chi connectivity index (χ4n) is 10.1. The average Bonchev–Trinajstić information content (AvgIpc) is 3.84. The van der Waals surface area contributed by atoms with Gasteiger partial charge in [-0.25, -0.2) is 0 Å². The Bertz CT molecular complexity index is 3410. The molecule has 0 bridgehead atoms. The normalized spacial score (nSPS) is 12.7. The Morgan fingerprint density at radius 3 is 1.40 bits per heavy atom. The van der Waals surface area contributed by atoms with Crippen LogP contribution < -0.4 is 4.90 Å². The third kappa shape index (κ3) is 6.09. The third-order valence-corrected chi connectivity index (χ3v) is 13.3. The summed E-state index contributed by atoms with van der Waals surface area (Å²) >= 11 is 0. The molecule has 0 spiro atoms. The van der Waals surface area contributed by atoms with E-state index < -0.39 is 0 Å². The van der Waals surface area contributed by atoms with Gasteiger partial charge in [0.1, 0.15) is 11.2 Å². The fourth-order valence-corrected chi connectivity index (χ4v) is 10.1. The number of para-hydroxylation sites is 1. The molecule has 298 valence electrons. The molecule has 0 saturated heterocycles. The number of rotatable bonds is 7.